The smallest absolute Gasteiger partial charge is 0.306 e. The van der Waals surface area contributed by atoms with Crippen LogP contribution >= 0.6 is 11.6 Å². The van der Waals surface area contributed by atoms with Gasteiger partial charge in [-0.15, -0.1) is 0 Å². The molecule has 1 heterocycles. The summed E-state index contributed by atoms with van der Waals surface area (Å²) in [6, 6.07) is 3.79. The van der Waals surface area contributed by atoms with Crippen molar-refractivity contribution >= 4 is 29.1 Å². The van der Waals surface area contributed by atoms with Crippen molar-refractivity contribution in [3.05, 3.63) is 34.7 Å². The fourth-order valence-corrected chi connectivity index (χ4v) is 1.59. The number of nitrogens with zero attached hydrogens (tertiary/aromatic N) is 3. The molecular formula is C12H10ClFN4O4. The first-order chi connectivity index (χ1) is 10.5. The molecule has 2 rings (SSSR count). The zero-order valence-electron chi connectivity index (χ0n) is 11.0. The number of carbonyl (C=O) groups is 1. The lowest BCUT2D eigenvalue weighted by atomic mass is 10.3. The number of ether oxygens (including phenoxy) is 1. The minimum Gasteiger partial charge on any atom is -0.481 e. The summed E-state index contributed by atoms with van der Waals surface area (Å²) in [6.07, 6.45) is -0.225. The molecule has 0 saturated heterocycles. The average molecular weight is 329 g/mol. The van der Waals surface area contributed by atoms with E-state index in [4.69, 9.17) is 27.2 Å². The highest BCUT2D eigenvalue weighted by Crippen LogP contribution is 2.22. The van der Waals surface area contributed by atoms with Crippen molar-refractivity contribution in [2.75, 3.05) is 6.61 Å². The molecule has 0 unspecified atom stereocenters. The molecule has 1 aromatic carbocycles. The summed E-state index contributed by atoms with van der Waals surface area (Å²) in [5.41, 5.74) is 6.05. The van der Waals surface area contributed by atoms with E-state index in [1.54, 1.807) is 0 Å². The van der Waals surface area contributed by atoms with Crippen LogP contribution < -0.4 is 10.5 Å². The van der Waals surface area contributed by atoms with Gasteiger partial charge in [-0.05, 0) is 28.5 Å². The summed E-state index contributed by atoms with van der Waals surface area (Å²) >= 11 is 5.64. The Kier molecular flexibility index (Phi) is 4.89. The van der Waals surface area contributed by atoms with Crippen LogP contribution in [0.25, 0.3) is 0 Å². The van der Waals surface area contributed by atoms with Crippen molar-refractivity contribution in [2.24, 2.45) is 10.7 Å². The molecule has 0 atom stereocenters. The maximum atomic E-state index is 13.1. The van der Waals surface area contributed by atoms with Gasteiger partial charge in [-0.2, -0.15) is 0 Å². The summed E-state index contributed by atoms with van der Waals surface area (Å²) < 4.78 is 22.6. The number of carboxylic acids is 1. The molecule has 0 aliphatic heterocycles. The maximum absolute atomic E-state index is 13.1. The summed E-state index contributed by atoms with van der Waals surface area (Å²) in [7, 11) is 0. The van der Waals surface area contributed by atoms with E-state index in [9.17, 15) is 9.18 Å². The second-order valence-corrected chi connectivity index (χ2v) is 4.41. The first kappa shape index (κ1) is 15.7. The number of aliphatic carboxylic acids is 1. The highest BCUT2D eigenvalue weighted by Gasteiger charge is 2.16. The third kappa shape index (κ3) is 3.92. The summed E-state index contributed by atoms with van der Waals surface area (Å²) in [6.45, 7) is -0.133. The third-order valence-corrected chi connectivity index (χ3v) is 2.70. The maximum Gasteiger partial charge on any atom is 0.306 e. The first-order valence-corrected chi connectivity index (χ1v) is 6.32. The number of hydrogen-bond donors (Lipinski definition) is 2. The van der Waals surface area contributed by atoms with Gasteiger partial charge in [-0.1, -0.05) is 11.6 Å². The minimum absolute atomic E-state index is 0.00540. The number of rotatable bonds is 6. The van der Waals surface area contributed by atoms with Crippen molar-refractivity contribution < 1.29 is 23.7 Å². The van der Waals surface area contributed by atoms with Crippen LogP contribution in [-0.4, -0.2) is 33.8 Å². The minimum atomic E-state index is -1.03. The monoisotopic (exact) mass is 328 g/mol. The van der Waals surface area contributed by atoms with Crippen LogP contribution in [0.1, 0.15) is 12.1 Å². The van der Waals surface area contributed by atoms with Crippen molar-refractivity contribution in [3.8, 4) is 5.88 Å². The highest BCUT2D eigenvalue weighted by atomic mass is 35.5. The molecule has 0 amide bonds. The molecule has 0 saturated carbocycles. The van der Waals surface area contributed by atoms with Crippen LogP contribution in [0.5, 0.6) is 5.88 Å². The molecular weight excluding hydrogens is 319 g/mol. The second kappa shape index (κ2) is 6.85. The van der Waals surface area contributed by atoms with Gasteiger partial charge in [0, 0.05) is 0 Å². The lowest BCUT2D eigenvalue weighted by molar-refractivity contribution is -0.137. The van der Waals surface area contributed by atoms with Gasteiger partial charge < -0.3 is 15.6 Å². The fourth-order valence-electron chi connectivity index (χ4n) is 1.41. The Morgan fingerprint density at radius 1 is 1.50 bits per heavy atom. The van der Waals surface area contributed by atoms with Crippen molar-refractivity contribution in [1.29, 1.82) is 0 Å². The molecule has 22 heavy (non-hydrogen) atoms. The van der Waals surface area contributed by atoms with Gasteiger partial charge in [0.05, 0.1) is 17.1 Å². The molecule has 0 fully saturated rings. The van der Waals surface area contributed by atoms with Crippen molar-refractivity contribution in [1.82, 2.24) is 10.3 Å². The lowest BCUT2D eigenvalue weighted by Gasteiger charge is -2.02. The average Bonchev–Trinajstić information content (AvgIpc) is 2.91. The van der Waals surface area contributed by atoms with Crippen molar-refractivity contribution in [3.63, 3.8) is 0 Å². The largest absolute Gasteiger partial charge is 0.481 e. The van der Waals surface area contributed by atoms with Gasteiger partial charge in [-0.25, -0.2) is 14.0 Å². The Hall–Kier alpha value is -2.68. The van der Waals surface area contributed by atoms with Crippen LogP contribution in [0.2, 0.25) is 5.02 Å². The van der Waals surface area contributed by atoms with E-state index in [1.165, 1.54) is 12.1 Å². The van der Waals surface area contributed by atoms with Gasteiger partial charge in [-0.3, -0.25) is 4.79 Å². The Morgan fingerprint density at radius 2 is 2.27 bits per heavy atom. The van der Waals surface area contributed by atoms with E-state index < -0.39 is 11.8 Å². The predicted octanol–water partition coefficient (Wildman–Crippen LogP) is 1.75. The van der Waals surface area contributed by atoms with Gasteiger partial charge in [0.1, 0.15) is 12.4 Å². The molecule has 2 aromatic rings. The highest BCUT2D eigenvalue weighted by molar-refractivity contribution is 6.31. The number of carboxylic acid groups (broad SMARTS) is 1. The number of hydrogen-bond acceptors (Lipinski definition) is 6. The Bertz CT molecular complexity index is 719. The van der Waals surface area contributed by atoms with Crippen LogP contribution in [0.15, 0.2) is 27.8 Å². The quantitative estimate of drug-likeness (QED) is 0.611. The normalized spacial score (nSPS) is 11.5. The first-order valence-electron chi connectivity index (χ1n) is 5.94. The zero-order valence-corrected chi connectivity index (χ0v) is 11.7. The number of amidine groups is 1. The molecule has 0 aliphatic carbocycles. The van der Waals surface area contributed by atoms with E-state index in [2.05, 4.69) is 19.9 Å². The topological polar surface area (TPSA) is 124 Å². The number of aliphatic imine (C=N–C) groups is 1. The predicted molar refractivity (Wildman–Crippen MR) is 73.8 cm³/mol. The zero-order chi connectivity index (χ0) is 16.1. The standard InChI is InChI=1S/C12H10ClFN4O4/c13-7-5-6(1-2-8(7)14)16-11(15)10-12(18-22-17-10)21-4-3-9(19)20/h1-2,5H,3-4H2,(H2,15,16)(H,19,20). The number of nitrogens with two attached hydrogens (primary N) is 1. The van der Waals surface area contributed by atoms with Gasteiger partial charge in [0.2, 0.25) is 5.69 Å². The van der Waals surface area contributed by atoms with Crippen molar-refractivity contribution in [2.45, 2.75) is 6.42 Å². The number of halogens is 2. The SMILES string of the molecule is NC(=Nc1ccc(F)c(Cl)c1)c1nonc1OCCC(=O)O. The number of benzene rings is 1. The summed E-state index contributed by atoms with van der Waals surface area (Å²) in [5, 5.41) is 15.4. The molecule has 10 heteroatoms. The second-order valence-electron chi connectivity index (χ2n) is 4.01. The summed E-state index contributed by atoms with van der Waals surface area (Å²) in [5.74, 6) is -1.80. The van der Waals surface area contributed by atoms with Crippen LogP contribution in [-0.2, 0) is 4.79 Å². The summed E-state index contributed by atoms with van der Waals surface area (Å²) in [4.78, 5) is 14.4. The molecule has 3 N–H and O–H groups in total. The molecule has 0 spiro atoms. The van der Waals surface area contributed by atoms with E-state index in [1.807, 2.05) is 0 Å². The third-order valence-electron chi connectivity index (χ3n) is 2.41. The van der Waals surface area contributed by atoms with Crippen LogP contribution in [0.3, 0.4) is 0 Å². The molecule has 116 valence electrons. The lowest BCUT2D eigenvalue weighted by Crippen LogP contribution is -2.15. The molecule has 1 aromatic heterocycles. The molecule has 0 bridgehead atoms. The van der Waals surface area contributed by atoms with E-state index in [0.29, 0.717) is 5.69 Å². The Labute approximate surface area is 128 Å². The number of aromatic nitrogens is 2. The van der Waals surface area contributed by atoms with Gasteiger partial charge in [0.25, 0.3) is 5.88 Å². The van der Waals surface area contributed by atoms with Gasteiger partial charge in [0.15, 0.2) is 5.84 Å². The Balaban J connectivity index is 2.16. The van der Waals surface area contributed by atoms with E-state index in [-0.39, 0.29) is 35.5 Å². The van der Waals surface area contributed by atoms with Crippen LogP contribution in [0.4, 0.5) is 10.1 Å². The van der Waals surface area contributed by atoms with E-state index >= 15 is 0 Å². The molecule has 0 aliphatic rings. The fraction of sp³-hybridized carbons (Fsp3) is 0.167. The van der Waals surface area contributed by atoms with Crippen LogP contribution in [0, 0.1) is 5.82 Å². The van der Waals surface area contributed by atoms with Gasteiger partial charge >= 0.3 is 5.97 Å². The Morgan fingerprint density at radius 3 is 2.95 bits per heavy atom. The molecule has 8 nitrogen and oxygen atoms in total. The van der Waals surface area contributed by atoms with E-state index in [0.717, 1.165) is 6.07 Å². The molecule has 0 radical (unpaired) electrons.